The SMILES string of the molecule is COc1n[nH]c2cc(NC(=O)NC(C)c3ccccc3)nc(NC(C)=O)c12. The molecule has 0 fully saturated rings. The zero-order chi connectivity index (χ0) is 19.4. The number of carbonyl (C=O) groups is 2. The summed E-state index contributed by atoms with van der Waals surface area (Å²) in [6.45, 7) is 3.25. The molecule has 3 amide bonds. The number of anilines is 2. The third kappa shape index (κ3) is 4.14. The minimum atomic E-state index is -0.418. The predicted molar refractivity (Wildman–Crippen MR) is 102 cm³/mol. The molecule has 2 aromatic heterocycles. The number of carbonyl (C=O) groups excluding carboxylic acids is 2. The van der Waals surface area contributed by atoms with E-state index in [-0.39, 0.29) is 23.6 Å². The first-order valence-electron chi connectivity index (χ1n) is 8.31. The summed E-state index contributed by atoms with van der Waals surface area (Å²) in [5.41, 5.74) is 1.55. The number of H-pyrrole nitrogens is 1. The number of fused-ring (bicyclic) bond motifs is 1. The first-order valence-corrected chi connectivity index (χ1v) is 8.31. The van der Waals surface area contributed by atoms with Crippen molar-refractivity contribution in [3.05, 3.63) is 42.0 Å². The van der Waals surface area contributed by atoms with Crippen molar-refractivity contribution in [3.63, 3.8) is 0 Å². The third-order valence-electron chi connectivity index (χ3n) is 3.89. The lowest BCUT2D eigenvalue weighted by Gasteiger charge is -2.15. The van der Waals surface area contributed by atoms with E-state index in [0.29, 0.717) is 16.8 Å². The Morgan fingerprint density at radius 1 is 1.19 bits per heavy atom. The average Bonchev–Trinajstić information content (AvgIpc) is 3.05. The number of aromatic nitrogens is 3. The topological polar surface area (TPSA) is 121 Å². The van der Waals surface area contributed by atoms with Gasteiger partial charge in [-0.25, -0.2) is 9.78 Å². The largest absolute Gasteiger partial charge is 0.479 e. The molecular weight excluding hydrogens is 348 g/mol. The molecule has 1 aromatic carbocycles. The molecule has 0 aliphatic heterocycles. The molecule has 0 radical (unpaired) electrons. The summed E-state index contributed by atoms with van der Waals surface area (Å²) in [4.78, 5) is 28.1. The highest BCUT2D eigenvalue weighted by Crippen LogP contribution is 2.30. The maximum absolute atomic E-state index is 12.3. The summed E-state index contributed by atoms with van der Waals surface area (Å²) >= 11 is 0. The summed E-state index contributed by atoms with van der Waals surface area (Å²) in [6, 6.07) is 10.6. The highest BCUT2D eigenvalue weighted by molar-refractivity contribution is 6.03. The Morgan fingerprint density at radius 2 is 1.93 bits per heavy atom. The van der Waals surface area contributed by atoms with Gasteiger partial charge in [0.2, 0.25) is 11.8 Å². The van der Waals surface area contributed by atoms with Gasteiger partial charge >= 0.3 is 6.03 Å². The van der Waals surface area contributed by atoms with E-state index in [0.717, 1.165) is 5.56 Å². The van der Waals surface area contributed by atoms with Crippen molar-refractivity contribution in [2.45, 2.75) is 19.9 Å². The molecule has 2 heterocycles. The molecule has 140 valence electrons. The van der Waals surface area contributed by atoms with Crippen LogP contribution >= 0.6 is 0 Å². The quantitative estimate of drug-likeness (QED) is 0.552. The van der Waals surface area contributed by atoms with Gasteiger partial charge in [0.1, 0.15) is 17.0 Å². The zero-order valence-electron chi connectivity index (χ0n) is 15.2. The Labute approximate surface area is 155 Å². The van der Waals surface area contributed by atoms with Gasteiger partial charge < -0.3 is 15.4 Å². The number of hydrogen-bond acceptors (Lipinski definition) is 5. The van der Waals surface area contributed by atoms with Crippen LogP contribution in [-0.2, 0) is 4.79 Å². The molecule has 0 saturated carbocycles. The summed E-state index contributed by atoms with van der Waals surface area (Å²) < 4.78 is 5.18. The molecule has 3 aromatic rings. The summed E-state index contributed by atoms with van der Waals surface area (Å²) in [5.74, 6) is 0.508. The van der Waals surface area contributed by atoms with Crippen LogP contribution in [0.2, 0.25) is 0 Å². The van der Waals surface area contributed by atoms with E-state index < -0.39 is 6.03 Å². The molecule has 1 atom stereocenters. The minimum Gasteiger partial charge on any atom is -0.479 e. The molecule has 0 bridgehead atoms. The number of methoxy groups -OCH3 is 1. The number of benzene rings is 1. The minimum absolute atomic E-state index is 0.183. The molecule has 0 spiro atoms. The fourth-order valence-electron chi connectivity index (χ4n) is 2.66. The Kier molecular flexibility index (Phi) is 5.20. The van der Waals surface area contributed by atoms with Gasteiger partial charge in [0.05, 0.1) is 18.7 Å². The Morgan fingerprint density at radius 3 is 2.59 bits per heavy atom. The lowest BCUT2D eigenvalue weighted by atomic mass is 10.1. The Hall–Kier alpha value is -3.62. The molecule has 4 N–H and O–H groups in total. The molecule has 0 aliphatic rings. The predicted octanol–water partition coefficient (Wildman–Crippen LogP) is 2.81. The van der Waals surface area contributed by atoms with Crippen molar-refractivity contribution in [3.8, 4) is 5.88 Å². The fourth-order valence-corrected chi connectivity index (χ4v) is 2.66. The lowest BCUT2D eigenvalue weighted by Crippen LogP contribution is -2.31. The van der Waals surface area contributed by atoms with E-state index in [1.165, 1.54) is 14.0 Å². The van der Waals surface area contributed by atoms with Crippen LogP contribution in [0.3, 0.4) is 0 Å². The first-order chi connectivity index (χ1) is 13.0. The molecule has 1 unspecified atom stereocenters. The van der Waals surface area contributed by atoms with Gasteiger partial charge in [-0.1, -0.05) is 30.3 Å². The number of nitrogens with one attached hydrogen (secondary N) is 4. The van der Waals surface area contributed by atoms with E-state index in [2.05, 4.69) is 31.1 Å². The van der Waals surface area contributed by atoms with Crippen molar-refractivity contribution in [2.24, 2.45) is 0 Å². The Balaban J connectivity index is 1.82. The van der Waals surface area contributed by atoms with Gasteiger partial charge in [-0.15, -0.1) is 5.10 Å². The number of aromatic amines is 1. The van der Waals surface area contributed by atoms with E-state index in [1.807, 2.05) is 37.3 Å². The van der Waals surface area contributed by atoms with Gasteiger partial charge in [0.15, 0.2) is 0 Å². The van der Waals surface area contributed by atoms with E-state index in [1.54, 1.807) is 6.07 Å². The maximum atomic E-state index is 12.3. The molecule has 0 aliphatic carbocycles. The molecule has 9 heteroatoms. The van der Waals surface area contributed by atoms with Crippen LogP contribution in [0.5, 0.6) is 5.88 Å². The molecule has 27 heavy (non-hydrogen) atoms. The van der Waals surface area contributed by atoms with Crippen molar-refractivity contribution in [1.82, 2.24) is 20.5 Å². The second kappa shape index (κ2) is 7.73. The second-order valence-corrected chi connectivity index (χ2v) is 5.92. The van der Waals surface area contributed by atoms with Crippen LogP contribution in [0.4, 0.5) is 16.4 Å². The summed E-state index contributed by atoms with van der Waals surface area (Å²) in [5, 5.41) is 15.5. The highest BCUT2D eigenvalue weighted by Gasteiger charge is 2.17. The van der Waals surface area contributed by atoms with Crippen molar-refractivity contribution in [1.29, 1.82) is 0 Å². The van der Waals surface area contributed by atoms with Gasteiger partial charge in [-0.3, -0.25) is 15.2 Å². The van der Waals surface area contributed by atoms with Gasteiger partial charge in [0, 0.05) is 13.0 Å². The van der Waals surface area contributed by atoms with Crippen molar-refractivity contribution >= 4 is 34.5 Å². The van der Waals surface area contributed by atoms with Gasteiger partial charge in [0.25, 0.3) is 0 Å². The number of nitrogens with zero attached hydrogens (tertiary/aromatic N) is 2. The van der Waals surface area contributed by atoms with Crippen molar-refractivity contribution < 1.29 is 14.3 Å². The lowest BCUT2D eigenvalue weighted by molar-refractivity contribution is -0.114. The number of urea groups is 1. The smallest absolute Gasteiger partial charge is 0.320 e. The van der Waals surface area contributed by atoms with E-state index in [4.69, 9.17) is 4.74 Å². The number of rotatable bonds is 5. The normalized spacial score (nSPS) is 11.7. The van der Waals surface area contributed by atoms with Crippen molar-refractivity contribution in [2.75, 3.05) is 17.7 Å². The van der Waals surface area contributed by atoms with Crippen LogP contribution in [-0.4, -0.2) is 34.2 Å². The second-order valence-electron chi connectivity index (χ2n) is 5.92. The fraction of sp³-hybridized carbons (Fsp3) is 0.222. The maximum Gasteiger partial charge on any atom is 0.320 e. The first kappa shape index (κ1) is 18.2. The number of hydrogen-bond donors (Lipinski definition) is 4. The number of amides is 3. The monoisotopic (exact) mass is 368 g/mol. The van der Waals surface area contributed by atoms with E-state index in [9.17, 15) is 9.59 Å². The number of pyridine rings is 1. The molecule has 9 nitrogen and oxygen atoms in total. The molecular formula is C18H20N6O3. The van der Waals surface area contributed by atoms with Crippen LogP contribution < -0.4 is 20.7 Å². The Bertz CT molecular complexity index is 970. The standard InChI is InChI=1S/C18H20N6O3/c1-10(12-7-5-4-6-8-12)19-18(26)22-14-9-13-15(17(27-3)24-23-13)16(21-14)20-11(2)25/h4-10H,1-3H3,(H,23,24)(H3,19,20,21,22,25,26). The molecule has 3 rings (SSSR count). The third-order valence-corrected chi connectivity index (χ3v) is 3.89. The van der Waals surface area contributed by atoms with Gasteiger partial charge in [-0.2, -0.15) is 0 Å². The van der Waals surface area contributed by atoms with Crippen LogP contribution in [0.1, 0.15) is 25.5 Å². The number of ether oxygens (including phenoxy) is 1. The van der Waals surface area contributed by atoms with Gasteiger partial charge in [-0.05, 0) is 12.5 Å². The van der Waals surface area contributed by atoms with Crippen LogP contribution in [0.15, 0.2) is 36.4 Å². The van der Waals surface area contributed by atoms with Crippen LogP contribution in [0.25, 0.3) is 10.9 Å². The summed E-state index contributed by atoms with van der Waals surface area (Å²) in [6.07, 6.45) is 0. The van der Waals surface area contributed by atoms with E-state index >= 15 is 0 Å². The molecule has 0 saturated heterocycles. The highest BCUT2D eigenvalue weighted by atomic mass is 16.5. The zero-order valence-corrected chi connectivity index (χ0v) is 15.2. The van der Waals surface area contributed by atoms with Crippen LogP contribution in [0, 0.1) is 0 Å². The average molecular weight is 368 g/mol. The summed E-state index contributed by atoms with van der Waals surface area (Å²) in [7, 11) is 1.47.